The second kappa shape index (κ2) is 16.0. The smallest absolute Gasteiger partial charge is 0.408 e. The van der Waals surface area contributed by atoms with Gasteiger partial charge in [0.2, 0.25) is 5.91 Å². The first-order valence-electron chi connectivity index (χ1n) is 14.9. The minimum Gasteiger partial charge on any atom is -0.507 e. The topological polar surface area (TPSA) is 117 Å². The number of hydrogen-bond donors (Lipinski definition) is 3. The zero-order valence-corrected chi connectivity index (χ0v) is 26.5. The number of para-hydroxylation sites is 1. The quantitative estimate of drug-likeness (QED) is 0.212. The van der Waals surface area contributed by atoms with Crippen LogP contribution in [0, 0.1) is 12.8 Å². The van der Waals surface area contributed by atoms with E-state index in [1.807, 2.05) is 13.8 Å². The highest BCUT2D eigenvalue weighted by Gasteiger charge is 2.39. The Hall–Kier alpha value is -3.75. The summed E-state index contributed by atoms with van der Waals surface area (Å²) in [6.07, 6.45) is 3.40. The Balaban J connectivity index is 2.61. The standard InChI is InChI=1S/C33H49N3O6/c1-9-11-12-13-21-36(31(39)27(22(3)10-2)35-32(40)42-33(5,6)7)28(26-16-14-15-23(4)29(26)37)30(38)34-24-17-19-25(41-8)20-18-24/h14-20,22,27-28,37H,9-13,21H2,1-8H3,(H,34,38)(H,35,40). The lowest BCUT2D eigenvalue weighted by molar-refractivity contribution is -0.142. The zero-order chi connectivity index (χ0) is 31.4. The number of nitrogens with one attached hydrogen (secondary N) is 2. The molecule has 0 saturated heterocycles. The molecule has 3 N–H and O–H groups in total. The monoisotopic (exact) mass is 583 g/mol. The second-order valence-corrected chi connectivity index (χ2v) is 11.7. The fourth-order valence-electron chi connectivity index (χ4n) is 4.61. The van der Waals surface area contributed by atoms with Crippen molar-refractivity contribution in [1.82, 2.24) is 10.2 Å². The van der Waals surface area contributed by atoms with Crippen molar-refractivity contribution in [1.29, 1.82) is 0 Å². The molecule has 232 valence electrons. The predicted octanol–water partition coefficient (Wildman–Crippen LogP) is 6.74. The molecule has 2 aromatic carbocycles. The molecule has 0 aliphatic rings. The Morgan fingerprint density at radius 3 is 2.24 bits per heavy atom. The number of hydrogen-bond acceptors (Lipinski definition) is 6. The minimum absolute atomic E-state index is 0.0565. The molecule has 0 saturated carbocycles. The molecule has 9 heteroatoms. The number of benzene rings is 2. The first-order chi connectivity index (χ1) is 19.8. The maximum Gasteiger partial charge on any atom is 0.408 e. The molecule has 3 unspecified atom stereocenters. The SMILES string of the molecule is CCCCCCN(C(=O)C(NC(=O)OC(C)(C)C)C(C)CC)C(C(=O)Nc1ccc(OC)cc1)c1cccc(C)c1O. The Morgan fingerprint density at radius 2 is 1.67 bits per heavy atom. The van der Waals surface area contributed by atoms with Gasteiger partial charge in [0.1, 0.15) is 29.2 Å². The number of carbonyl (C=O) groups is 3. The largest absolute Gasteiger partial charge is 0.507 e. The number of nitrogens with zero attached hydrogens (tertiary/aromatic N) is 1. The van der Waals surface area contributed by atoms with Crippen molar-refractivity contribution in [3.05, 3.63) is 53.6 Å². The highest BCUT2D eigenvalue weighted by molar-refractivity contribution is 5.99. The van der Waals surface area contributed by atoms with Crippen LogP contribution in [0.4, 0.5) is 10.5 Å². The summed E-state index contributed by atoms with van der Waals surface area (Å²) < 4.78 is 10.7. The van der Waals surface area contributed by atoms with E-state index in [9.17, 15) is 19.5 Å². The average Bonchev–Trinajstić information content (AvgIpc) is 2.94. The molecule has 0 fully saturated rings. The van der Waals surface area contributed by atoms with Crippen LogP contribution >= 0.6 is 0 Å². The minimum atomic E-state index is -1.16. The zero-order valence-electron chi connectivity index (χ0n) is 26.5. The van der Waals surface area contributed by atoms with Gasteiger partial charge in [-0.2, -0.15) is 0 Å². The van der Waals surface area contributed by atoms with Gasteiger partial charge in [-0.25, -0.2) is 4.79 Å². The molecule has 42 heavy (non-hydrogen) atoms. The van der Waals surface area contributed by atoms with Crippen LogP contribution in [0.1, 0.15) is 90.8 Å². The van der Waals surface area contributed by atoms with Crippen LogP contribution < -0.4 is 15.4 Å². The van der Waals surface area contributed by atoms with Gasteiger partial charge in [-0.1, -0.05) is 64.7 Å². The summed E-state index contributed by atoms with van der Waals surface area (Å²) in [6, 6.07) is 9.93. The molecule has 3 amide bonds. The number of amides is 3. The number of unbranched alkanes of at least 4 members (excludes halogenated alkanes) is 3. The number of phenolic OH excluding ortho intramolecular Hbond substituents is 1. The van der Waals surface area contributed by atoms with Crippen molar-refractivity contribution in [2.24, 2.45) is 5.92 Å². The van der Waals surface area contributed by atoms with Crippen molar-refractivity contribution in [2.45, 2.75) is 98.3 Å². The van der Waals surface area contributed by atoms with E-state index in [1.165, 1.54) is 4.90 Å². The van der Waals surface area contributed by atoms with Gasteiger partial charge in [0.15, 0.2) is 0 Å². The average molecular weight is 584 g/mol. The fraction of sp³-hybridized carbons (Fsp3) is 0.545. The number of anilines is 1. The summed E-state index contributed by atoms with van der Waals surface area (Å²) in [5, 5.41) is 16.8. The summed E-state index contributed by atoms with van der Waals surface area (Å²) in [5.41, 5.74) is 0.659. The Kier molecular flexibility index (Phi) is 13.2. The molecule has 0 bridgehead atoms. The van der Waals surface area contributed by atoms with E-state index in [2.05, 4.69) is 17.6 Å². The molecule has 0 aliphatic carbocycles. The van der Waals surface area contributed by atoms with E-state index in [0.717, 1.165) is 19.3 Å². The van der Waals surface area contributed by atoms with Gasteiger partial charge < -0.3 is 30.1 Å². The van der Waals surface area contributed by atoms with E-state index in [0.29, 0.717) is 35.4 Å². The van der Waals surface area contributed by atoms with E-state index in [-0.39, 0.29) is 18.2 Å². The normalized spacial score (nSPS) is 13.4. The first-order valence-corrected chi connectivity index (χ1v) is 14.9. The van der Waals surface area contributed by atoms with Crippen LogP contribution in [0.5, 0.6) is 11.5 Å². The molecule has 0 spiro atoms. The molecule has 9 nitrogen and oxygen atoms in total. The maximum atomic E-state index is 14.4. The molecular weight excluding hydrogens is 534 g/mol. The van der Waals surface area contributed by atoms with Gasteiger partial charge >= 0.3 is 6.09 Å². The van der Waals surface area contributed by atoms with Gasteiger partial charge in [-0.3, -0.25) is 9.59 Å². The van der Waals surface area contributed by atoms with E-state index in [1.54, 1.807) is 77.3 Å². The number of rotatable bonds is 14. The molecule has 2 rings (SSSR count). The van der Waals surface area contributed by atoms with Gasteiger partial charge in [0, 0.05) is 17.8 Å². The third-order valence-corrected chi connectivity index (χ3v) is 7.17. The van der Waals surface area contributed by atoms with Crippen LogP contribution in [-0.4, -0.2) is 53.2 Å². The van der Waals surface area contributed by atoms with Crippen LogP contribution in [0.15, 0.2) is 42.5 Å². The molecule has 0 aliphatic heterocycles. The number of phenols is 1. The van der Waals surface area contributed by atoms with E-state index < -0.39 is 35.6 Å². The third-order valence-electron chi connectivity index (χ3n) is 7.17. The predicted molar refractivity (Wildman–Crippen MR) is 166 cm³/mol. The van der Waals surface area contributed by atoms with Gasteiger partial charge in [-0.05, 0) is 69.9 Å². The fourth-order valence-corrected chi connectivity index (χ4v) is 4.61. The lowest BCUT2D eigenvalue weighted by atomic mass is 9.94. The van der Waals surface area contributed by atoms with Crippen LogP contribution in [-0.2, 0) is 14.3 Å². The van der Waals surface area contributed by atoms with Gasteiger partial charge in [0.05, 0.1) is 7.11 Å². The number of ether oxygens (including phenoxy) is 2. The molecular formula is C33H49N3O6. The number of carbonyl (C=O) groups excluding carboxylic acids is 3. The molecule has 0 heterocycles. The Labute approximate surface area is 251 Å². The van der Waals surface area contributed by atoms with Gasteiger partial charge in [0.25, 0.3) is 5.91 Å². The lowest BCUT2D eigenvalue weighted by Crippen LogP contribution is -2.55. The van der Waals surface area contributed by atoms with Crippen LogP contribution in [0.25, 0.3) is 0 Å². The van der Waals surface area contributed by atoms with Crippen molar-refractivity contribution < 1.29 is 29.0 Å². The van der Waals surface area contributed by atoms with E-state index in [4.69, 9.17) is 9.47 Å². The summed E-state index contributed by atoms with van der Waals surface area (Å²) in [4.78, 5) is 42.9. The summed E-state index contributed by atoms with van der Waals surface area (Å²) in [7, 11) is 1.56. The lowest BCUT2D eigenvalue weighted by Gasteiger charge is -2.36. The number of methoxy groups -OCH3 is 1. The highest BCUT2D eigenvalue weighted by atomic mass is 16.6. The van der Waals surface area contributed by atoms with Crippen molar-refractivity contribution in [3.63, 3.8) is 0 Å². The molecule has 2 aromatic rings. The third kappa shape index (κ3) is 9.96. The van der Waals surface area contributed by atoms with Gasteiger partial charge in [-0.15, -0.1) is 0 Å². The summed E-state index contributed by atoms with van der Waals surface area (Å²) >= 11 is 0. The Bertz CT molecular complexity index is 1180. The van der Waals surface area contributed by atoms with Crippen LogP contribution in [0.2, 0.25) is 0 Å². The number of aryl methyl sites for hydroxylation is 1. The van der Waals surface area contributed by atoms with Crippen molar-refractivity contribution in [2.75, 3.05) is 19.0 Å². The van der Waals surface area contributed by atoms with Crippen LogP contribution in [0.3, 0.4) is 0 Å². The van der Waals surface area contributed by atoms with E-state index >= 15 is 0 Å². The molecule has 0 radical (unpaired) electrons. The summed E-state index contributed by atoms with van der Waals surface area (Å²) in [6.45, 7) is 13.2. The maximum absolute atomic E-state index is 14.4. The Morgan fingerprint density at radius 1 is 1.00 bits per heavy atom. The highest BCUT2D eigenvalue weighted by Crippen LogP contribution is 2.34. The first kappa shape index (κ1) is 34.5. The molecule has 0 aromatic heterocycles. The second-order valence-electron chi connectivity index (χ2n) is 11.7. The number of aromatic hydroxyl groups is 1. The molecule has 3 atom stereocenters. The van der Waals surface area contributed by atoms with Crippen molar-refractivity contribution >= 4 is 23.6 Å². The van der Waals surface area contributed by atoms with Crippen molar-refractivity contribution in [3.8, 4) is 11.5 Å². The number of alkyl carbamates (subject to hydrolysis) is 1. The summed E-state index contributed by atoms with van der Waals surface area (Å²) in [5.74, 6) is -0.565.